The second kappa shape index (κ2) is 42.7. The topological polar surface area (TPSA) is 43.4 Å². The Hall–Kier alpha value is -1.22. The summed E-state index contributed by atoms with van der Waals surface area (Å²) >= 11 is 0. The summed E-state index contributed by atoms with van der Waals surface area (Å²) in [6.07, 6.45) is 3.70. The maximum atomic E-state index is 10.0. The molecule has 0 N–H and O–H groups in total. The third-order valence-electron chi connectivity index (χ3n) is 1.59. The highest BCUT2D eigenvalue weighted by Gasteiger charge is 1.85. The first-order valence-electron chi connectivity index (χ1n) is 5.61. The monoisotopic (exact) mass is 322 g/mol. The maximum Gasteiger partial charge on any atom is 0.154 e. The van der Waals surface area contributed by atoms with Gasteiger partial charge in [-0.25, -0.2) is 0 Å². The molecule has 0 rings (SSSR count). The fourth-order valence-corrected chi connectivity index (χ4v) is 0.289. The van der Waals surface area contributed by atoms with Gasteiger partial charge < -0.3 is 4.74 Å². The van der Waals surface area contributed by atoms with E-state index in [-0.39, 0.29) is 48.7 Å². The van der Waals surface area contributed by atoms with Crippen LogP contribution >= 0.6 is 0 Å². The van der Waals surface area contributed by atoms with Crippen molar-refractivity contribution in [2.24, 2.45) is 0 Å². The Kier molecular flexibility index (Phi) is 96.6. The minimum atomic E-state index is 0. The summed E-state index contributed by atoms with van der Waals surface area (Å²) in [5, 5.41) is 0. The second-order valence-corrected chi connectivity index (χ2v) is 3.50. The molecule has 0 aromatic rings. The van der Waals surface area contributed by atoms with Crippen molar-refractivity contribution in [2.45, 2.75) is 77.7 Å². The third-order valence-corrected chi connectivity index (χ3v) is 1.59. The Balaban J connectivity index is -0.0000000201. The number of hydrogen-bond acceptors (Lipinski definition) is 3. The molecule has 0 saturated carbocycles. The van der Waals surface area contributed by atoms with Gasteiger partial charge in [0.15, 0.2) is 11.6 Å². The summed E-state index contributed by atoms with van der Waals surface area (Å²) in [4.78, 5) is 19.7. The Morgan fingerprint density at radius 1 is 1.00 bits per heavy atom. The van der Waals surface area contributed by atoms with E-state index in [0.717, 1.165) is 6.61 Å². The number of ketones is 2. The van der Waals surface area contributed by atoms with Crippen molar-refractivity contribution in [3.05, 3.63) is 24.8 Å². The van der Waals surface area contributed by atoms with Crippen molar-refractivity contribution >= 4 is 11.6 Å². The Morgan fingerprint density at radius 3 is 1.32 bits per heavy atom. The van der Waals surface area contributed by atoms with Gasteiger partial charge in [0, 0.05) is 13.7 Å². The van der Waals surface area contributed by atoms with Crippen LogP contribution in [-0.4, -0.2) is 25.3 Å². The van der Waals surface area contributed by atoms with Gasteiger partial charge in [0.05, 0.1) is 0 Å². The van der Waals surface area contributed by atoms with Crippen molar-refractivity contribution in [3.8, 4) is 0 Å². The number of carbonyl (C=O) groups is 2. The van der Waals surface area contributed by atoms with Crippen molar-refractivity contribution in [2.75, 3.05) is 13.7 Å². The average Bonchev–Trinajstić information content (AvgIpc) is 2.27. The number of methoxy groups -OCH3 is 1. The molecule has 140 valence electrons. The summed E-state index contributed by atoms with van der Waals surface area (Å²) in [5.41, 5.74) is 0.620. The van der Waals surface area contributed by atoms with E-state index >= 15 is 0 Å². The summed E-state index contributed by atoms with van der Waals surface area (Å²) in [7, 11) is 1.73. The van der Waals surface area contributed by atoms with Crippen molar-refractivity contribution in [3.63, 3.8) is 0 Å². The molecule has 0 fully saturated rings. The Morgan fingerprint density at radius 2 is 1.27 bits per heavy atom. The van der Waals surface area contributed by atoms with E-state index in [4.69, 9.17) is 4.74 Å². The molecule has 0 unspecified atom stereocenters. The van der Waals surface area contributed by atoms with Crippen LogP contribution in [0.25, 0.3) is 0 Å². The molecule has 0 aliphatic heterocycles. The summed E-state index contributed by atoms with van der Waals surface area (Å²) in [5.74, 6) is 0.0833. The Bertz CT molecular complexity index is 215. The van der Waals surface area contributed by atoms with Gasteiger partial charge in [-0.1, -0.05) is 63.6 Å². The molecule has 0 aromatic heterocycles. The zero-order chi connectivity index (χ0) is 14.3. The van der Waals surface area contributed by atoms with Crippen LogP contribution in [0.4, 0.5) is 0 Å². The fraction of sp³-hybridized carbons (Fsp3) is 0.684. The molecule has 0 aliphatic rings. The SMILES string of the molecule is C.C.C.C.C.C=C(C)C(C)=O.C=CC(C)=O.CCCCOC. The quantitative estimate of drug-likeness (QED) is 0.427. The number of ether oxygens (including phenoxy) is 1. The predicted octanol–water partition coefficient (Wildman–Crippen LogP) is 6.53. The average molecular weight is 323 g/mol. The van der Waals surface area contributed by atoms with Crippen LogP contribution in [0.5, 0.6) is 0 Å². The smallest absolute Gasteiger partial charge is 0.154 e. The van der Waals surface area contributed by atoms with Crippen molar-refractivity contribution in [1.82, 2.24) is 0 Å². The molecule has 0 atom stereocenters. The molecule has 0 aromatic carbocycles. The highest BCUT2D eigenvalue weighted by atomic mass is 16.5. The van der Waals surface area contributed by atoms with Gasteiger partial charge in [0.1, 0.15) is 0 Å². The van der Waals surface area contributed by atoms with Crippen LogP contribution in [0.2, 0.25) is 0 Å². The van der Waals surface area contributed by atoms with Crippen LogP contribution < -0.4 is 0 Å². The first-order chi connectivity index (χ1) is 7.83. The highest BCUT2D eigenvalue weighted by Crippen LogP contribution is 1.84. The van der Waals surface area contributed by atoms with E-state index in [2.05, 4.69) is 20.1 Å². The van der Waals surface area contributed by atoms with E-state index in [1.807, 2.05) is 0 Å². The largest absolute Gasteiger partial charge is 0.385 e. The molecule has 0 spiro atoms. The number of hydrogen-bond donors (Lipinski definition) is 0. The van der Waals surface area contributed by atoms with Gasteiger partial charge in [-0.3, -0.25) is 9.59 Å². The standard InChI is InChI=1S/C5H8O.C5H12O.C4H6O.5CH4/c1-4(2)5(3)6;1-3-4-5-6-2;1-3-4(2)5;;;;;/h1H2,2-3H3;3-5H2,1-2H3;3H,1H2,2H3;5*1H4. The molecule has 3 heteroatoms. The zero-order valence-electron chi connectivity index (χ0n) is 11.8. The number of unbranched alkanes of at least 4 members (excludes halogenated alkanes) is 1. The van der Waals surface area contributed by atoms with Gasteiger partial charge in [0.2, 0.25) is 0 Å². The minimum Gasteiger partial charge on any atom is -0.385 e. The lowest BCUT2D eigenvalue weighted by Crippen LogP contribution is -1.86. The predicted molar refractivity (Wildman–Crippen MR) is 107 cm³/mol. The molecule has 0 heterocycles. The molecule has 0 saturated heterocycles. The fourth-order valence-electron chi connectivity index (χ4n) is 0.289. The molecule has 0 bridgehead atoms. The van der Waals surface area contributed by atoms with Crippen LogP contribution in [0.3, 0.4) is 0 Å². The zero-order valence-corrected chi connectivity index (χ0v) is 11.8. The first kappa shape index (κ1) is 49.8. The minimum absolute atomic E-state index is 0. The molecule has 0 aliphatic carbocycles. The van der Waals surface area contributed by atoms with Crippen LogP contribution in [-0.2, 0) is 14.3 Å². The van der Waals surface area contributed by atoms with Crippen molar-refractivity contribution in [1.29, 1.82) is 0 Å². The van der Waals surface area contributed by atoms with Crippen LogP contribution in [0.15, 0.2) is 24.8 Å². The molecular weight excluding hydrogens is 276 g/mol. The van der Waals surface area contributed by atoms with Gasteiger partial charge in [-0.15, -0.1) is 0 Å². The Labute approximate surface area is 142 Å². The van der Waals surface area contributed by atoms with Gasteiger partial charge in [0.25, 0.3) is 0 Å². The van der Waals surface area contributed by atoms with E-state index in [9.17, 15) is 9.59 Å². The van der Waals surface area contributed by atoms with Gasteiger partial charge in [-0.2, -0.15) is 0 Å². The normalized spacial score (nSPS) is 6.05. The number of carbonyl (C=O) groups excluding carboxylic acids is 2. The maximum absolute atomic E-state index is 10.0. The summed E-state index contributed by atoms with van der Waals surface area (Å²) < 4.78 is 4.78. The number of Topliss-reactive ketones (excluding diaryl/α,β-unsaturated/α-hetero) is 1. The molecule has 0 radical (unpaired) electrons. The van der Waals surface area contributed by atoms with E-state index < -0.39 is 0 Å². The van der Waals surface area contributed by atoms with E-state index in [1.54, 1.807) is 14.0 Å². The van der Waals surface area contributed by atoms with Crippen molar-refractivity contribution < 1.29 is 14.3 Å². The van der Waals surface area contributed by atoms with Gasteiger partial charge in [-0.05, 0) is 38.8 Å². The molecule has 22 heavy (non-hydrogen) atoms. The number of rotatable bonds is 5. The second-order valence-electron chi connectivity index (χ2n) is 3.50. The first-order valence-corrected chi connectivity index (χ1v) is 5.61. The summed E-state index contributed by atoms with van der Waals surface area (Å²) in [6.45, 7) is 14.3. The summed E-state index contributed by atoms with van der Waals surface area (Å²) in [6, 6.07) is 0. The third kappa shape index (κ3) is 98.1. The highest BCUT2D eigenvalue weighted by molar-refractivity contribution is 5.91. The molecular formula is C19H46O3. The van der Waals surface area contributed by atoms with E-state index in [1.165, 1.54) is 32.8 Å². The van der Waals surface area contributed by atoms with Crippen LogP contribution in [0.1, 0.15) is 77.7 Å². The molecule has 0 amide bonds. The lowest BCUT2D eigenvalue weighted by atomic mass is 10.3. The lowest BCUT2D eigenvalue weighted by molar-refractivity contribution is -0.114. The number of allylic oxidation sites excluding steroid dienone is 2. The van der Waals surface area contributed by atoms with E-state index in [0.29, 0.717) is 5.57 Å². The lowest BCUT2D eigenvalue weighted by Gasteiger charge is -1.89. The van der Waals surface area contributed by atoms with Crippen LogP contribution in [0, 0.1) is 0 Å². The molecule has 3 nitrogen and oxygen atoms in total. The van der Waals surface area contributed by atoms with Gasteiger partial charge >= 0.3 is 0 Å².